The number of aryl methyl sites for hydroxylation is 1. The van der Waals surface area contributed by atoms with Gasteiger partial charge in [-0.05, 0) is 26.0 Å². The fourth-order valence-electron chi connectivity index (χ4n) is 3.28. The van der Waals surface area contributed by atoms with Crippen LogP contribution >= 0.6 is 0 Å². The van der Waals surface area contributed by atoms with Gasteiger partial charge in [0.25, 0.3) is 0 Å². The number of nitrogens with one attached hydrogen (secondary N) is 1. The molecule has 1 unspecified atom stereocenters. The van der Waals surface area contributed by atoms with E-state index < -0.39 is 0 Å². The van der Waals surface area contributed by atoms with Gasteiger partial charge in [-0.1, -0.05) is 19.3 Å². The number of aromatic nitrogens is 4. The minimum Gasteiger partial charge on any atom is -0.337 e. The Bertz CT molecular complexity index is 565. The molecule has 5 heteroatoms. The zero-order valence-electron chi connectivity index (χ0n) is 13.0. The minimum absolute atomic E-state index is 0.208. The average molecular weight is 287 g/mol. The summed E-state index contributed by atoms with van der Waals surface area (Å²) < 4.78 is 4.25. The second kappa shape index (κ2) is 6.43. The van der Waals surface area contributed by atoms with E-state index in [2.05, 4.69) is 31.8 Å². The predicted molar refractivity (Wildman–Crippen MR) is 83.1 cm³/mol. The molecule has 1 fully saturated rings. The first-order valence-electron chi connectivity index (χ1n) is 7.96. The van der Waals surface area contributed by atoms with Gasteiger partial charge in [0, 0.05) is 32.1 Å². The number of likely N-dealkylation sites (N-methyl/N-ethyl adjacent to an activating group) is 1. The Morgan fingerprint density at radius 3 is 2.76 bits per heavy atom. The van der Waals surface area contributed by atoms with Crippen LogP contribution in [0.1, 0.15) is 55.7 Å². The topological polar surface area (TPSA) is 47.7 Å². The van der Waals surface area contributed by atoms with Crippen LogP contribution in [0.2, 0.25) is 0 Å². The molecule has 2 aromatic rings. The third kappa shape index (κ3) is 3.18. The third-order valence-electron chi connectivity index (χ3n) is 4.54. The first kappa shape index (κ1) is 14.3. The Labute approximate surface area is 126 Å². The average Bonchev–Trinajstić information content (AvgIpc) is 3.15. The smallest absolute Gasteiger partial charge is 0.125 e. The molecule has 1 saturated carbocycles. The van der Waals surface area contributed by atoms with E-state index in [0.29, 0.717) is 6.04 Å². The van der Waals surface area contributed by atoms with E-state index in [1.807, 2.05) is 26.5 Å². The largest absolute Gasteiger partial charge is 0.337 e. The molecule has 114 valence electrons. The van der Waals surface area contributed by atoms with Gasteiger partial charge in [0.2, 0.25) is 0 Å². The van der Waals surface area contributed by atoms with Crippen LogP contribution in [0.25, 0.3) is 0 Å². The Balaban J connectivity index is 1.69. The second-order valence-corrected chi connectivity index (χ2v) is 6.02. The van der Waals surface area contributed by atoms with Gasteiger partial charge < -0.3 is 9.88 Å². The quantitative estimate of drug-likeness (QED) is 0.919. The highest BCUT2D eigenvalue weighted by atomic mass is 15.3. The molecule has 1 aliphatic carbocycles. The van der Waals surface area contributed by atoms with Crippen LogP contribution in [0.5, 0.6) is 0 Å². The summed E-state index contributed by atoms with van der Waals surface area (Å²) in [5, 5.41) is 8.15. The third-order valence-corrected chi connectivity index (χ3v) is 4.54. The van der Waals surface area contributed by atoms with Crippen molar-refractivity contribution in [2.45, 2.75) is 50.6 Å². The predicted octanol–water partition coefficient (Wildman–Crippen LogP) is 2.63. The number of imidazole rings is 1. The lowest BCUT2D eigenvalue weighted by Crippen LogP contribution is -2.22. The van der Waals surface area contributed by atoms with Crippen LogP contribution in [-0.4, -0.2) is 26.4 Å². The summed E-state index contributed by atoms with van der Waals surface area (Å²) in [6.07, 6.45) is 13.5. The van der Waals surface area contributed by atoms with Crippen LogP contribution in [0.4, 0.5) is 0 Å². The molecule has 2 aromatic heterocycles. The minimum atomic E-state index is 0.208. The normalized spacial score (nSPS) is 18.0. The Kier molecular flexibility index (Phi) is 4.39. The second-order valence-electron chi connectivity index (χ2n) is 6.02. The van der Waals surface area contributed by atoms with Crippen molar-refractivity contribution in [2.75, 3.05) is 7.05 Å². The maximum Gasteiger partial charge on any atom is 0.125 e. The number of hydrogen-bond acceptors (Lipinski definition) is 3. The van der Waals surface area contributed by atoms with Crippen molar-refractivity contribution in [3.8, 4) is 0 Å². The van der Waals surface area contributed by atoms with Crippen molar-refractivity contribution in [3.05, 3.63) is 36.2 Å². The summed E-state index contributed by atoms with van der Waals surface area (Å²) in [6.45, 7) is 0. The van der Waals surface area contributed by atoms with Gasteiger partial charge in [-0.15, -0.1) is 0 Å². The zero-order chi connectivity index (χ0) is 14.7. The van der Waals surface area contributed by atoms with E-state index >= 15 is 0 Å². The maximum absolute atomic E-state index is 4.80. The van der Waals surface area contributed by atoms with Crippen molar-refractivity contribution >= 4 is 0 Å². The molecule has 0 saturated heterocycles. The molecule has 0 spiro atoms. The summed E-state index contributed by atoms with van der Waals surface area (Å²) in [6, 6.07) is 2.97. The molecule has 0 radical (unpaired) electrons. The summed E-state index contributed by atoms with van der Waals surface area (Å²) in [7, 11) is 4.02. The molecular formula is C16H25N5. The molecule has 5 nitrogen and oxygen atoms in total. The lowest BCUT2D eigenvalue weighted by molar-refractivity contribution is 0.327. The van der Waals surface area contributed by atoms with Gasteiger partial charge in [-0.3, -0.25) is 4.68 Å². The SMILES string of the molecule is CNC(Cc1ccn(C2CCCCC2)n1)c1nccn1C. The number of hydrogen-bond donors (Lipinski definition) is 1. The van der Waals surface area contributed by atoms with Crippen molar-refractivity contribution < 1.29 is 0 Å². The van der Waals surface area contributed by atoms with E-state index in [0.717, 1.165) is 17.9 Å². The van der Waals surface area contributed by atoms with Crippen molar-refractivity contribution in [1.82, 2.24) is 24.6 Å². The fraction of sp³-hybridized carbons (Fsp3) is 0.625. The Morgan fingerprint density at radius 2 is 2.10 bits per heavy atom. The molecular weight excluding hydrogens is 262 g/mol. The van der Waals surface area contributed by atoms with Crippen LogP contribution in [0.3, 0.4) is 0 Å². The summed E-state index contributed by atoms with van der Waals surface area (Å²) in [5.74, 6) is 1.06. The summed E-state index contributed by atoms with van der Waals surface area (Å²) >= 11 is 0. The molecule has 0 aliphatic heterocycles. The molecule has 2 heterocycles. The van der Waals surface area contributed by atoms with E-state index in [-0.39, 0.29) is 6.04 Å². The first-order valence-corrected chi connectivity index (χ1v) is 7.96. The van der Waals surface area contributed by atoms with E-state index in [1.54, 1.807) is 0 Å². The lowest BCUT2D eigenvalue weighted by atomic mass is 9.96. The Morgan fingerprint density at radius 1 is 1.29 bits per heavy atom. The zero-order valence-corrected chi connectivity index (χ0v) is 13.0. The molecule has 0 bridgehead atoms. The monoisotopic (exact) mass is 287 g/mol. The highest BCUT2D eigenvalue weighted by Crippen LogP contribution is 2.27. The van der Waals surface area contributed by atoms with E-state index in [4.69, 9.17) is 5.10 Å². The lowest BCUT2D eigenvalue weighted by Gasteiger charge is -2.22. The number of nitrogens with zero attached hydrogens (tertiary/aromatic N) is 4. The van der Waals surface area contributed by atoms with Crippen LogP contribution < -0.4 is 5.32 Å². The van der Waals surface area contributed by atoms with Gasteiger partial charge in [0.1, 0.15) is 5.82 Å². The van der Waals surface area contributed by atoms with Crippen molar-refractivity contribution in [3.63, 3.8) is 0 Å². The fourth-order valence-corrected chi connectivity index (χ4v) is 3.28. The van der Waals surface area contributed by atoms with E-state index in [9.17, 15) is 0 Å². The van der Waals surface area contributed by atoms with Gasteiger partial charge >= 0.3 is 0 Å². The van der Waals surface area contributed by atoms with Gasteiger partial charge in [0.05, 0.1) is 17.8 Å². The highest BCUT2D eigenvalue weighted by molar-refractivity contribution is 5.08. The standard InChI is InChI=1S/C16H25N5/c1-17-15(16-18-9-11-20(16)2)12-13-8-10-21(19-13)14-6-4-3-5-7-14/h8-11,14-15,17H,3-7,12H2,1-2H3. The van der Waals surface area contributed by atoms with Crippen LogP contribution in [0, 0.1) is 0 Å². The molecule has 21 heavy (non-hydrogen) atoms. The number of rotatable bonds is 5. The van der Waals surface area contributed by atoms with Crippen molar-refractivity contribution in [2.24, 2.45) is 7.05 Å². The molecule has 1 N–H and O–H groups in total. The summed E-state index contributed by atoms with van der Waals surface area (Å²) in [4.78, 5) is 4.45. The van der Waals surface area contributed by atoms with Crippen LogP contribution in [0.15, 0.2) is 24.7 Å². The highest BCUT2D eigenvalue weighted by Gasteiger charge is 2.19. The van der Waals surface area contributed by atoms with Crippen LogP contribution in [-0.2, 0) is 13.5 Å². The van der Waals surface area contributed by atoms with E-state index in [1.165, 1.54) is 32.1 Å². The van der Waals surface area contributed by atoms with Gasteiger partial charge in [-0.2, -0.15) is 5.10 Å². The molecule has 1 aliphatic rings. The molecule has 3 rings (SSSR count). The summed E-state index contributed by atoms with van der Waals surface area (Å²) in [5.41, 5.74) is 1.14. The molecule has 0 amide bonds. The van der Waals surface area contributed by atoms with Crippen molar-refractivity contribution in [1.29, 1.82) is 0 Å². The molecule has 0 aromatic carbocycles. The Hall–Kier alpha value is -1.62. The molecule has 1 atom stereocenters. The van der Waals surface area contributed by atoms with Gasteiger partial charge in [0.15, 0.2) is 0 Å². The first-order chi connectivity index (χ1) is 10.3. The van der Waals surface area contributed by atoms with Gasteiger partial charge in [-0.25, -0.2) is 4.98 Å². The maximum atomic E-state index is 4.80.